The van der Waals surface area contributed by atoms with Gasteiger partial charge in [0.1, 0.15) is 5.82 Å². The number of benzene rings is 1. The van der Waals surface area contributed by atoms with Crippen LogP contribution in [0.25, 0.3) is 0 Å². The highest BCUT2D eigenvalue weighted by Gasteiger charge is 2.44. The van der Waals surface area contributed by atoms with Crippen LogP contribution in [0.2, 0.25) is 0 Å². The first-order chi connectivity index (χ1) is 9.43. The Labute approximate surface area is 118 Å². The van der Waals surface area contributed by atoms with Crippen LogP contribution in [0.5, 0.6) is 0 Å². The van der Waals surface area contributed by atoms with E-state index in [9.17, 15) is 14.3 Å². The van der Waals surface area contributed by atoms with Gasteiger partial charge >= 0.3 is 6.03 Å². The molecular weight excluding hydrogens is 259 g/mol. The van der Waals surface area contributed by atoms with E-state index in [1.807, 2.05) is 6.07 Å². The van der Waals surface area contributed by atoms with Crippen molar-refractivity contribution in [3.05, 3.63) is 35.6 Å². The number of nitrogens with zero attached hydrogens (tertiary/aromatic N) is 1. The maximum Gasteiger partial charge on any atom is 0.317 e. The Morgan fingerprint density at radius 2 is 2.25 bits per heavy atom. The van der Waals surface area contributed by atoms with E-state index in [-0.39, 0.29) is 17.3 Å². The molecule has 20 heavy (non-hydrogen) atoms. The number of aliphatic hydroxyl groups is 1. The van der Waals surface area contributed by atoms with E-state index in [1.54, 1.807) is 26.1 Å². The molecule has 0 spiro atoms. The molecule has 2 N–H and O–H groups in total. The van der Waals surface area contributed by atoms with Crippen molar-refractivity contribution in [2.45, 2.75) is 31.3 Å². The molecule has 4 nitrogen and oxygen atoms in total. The van der Waals surface area contributed by atoms with Crippen LogP contribution >= 0.6 is 0 Å². The van der Waals surface area contributed by atoms with Gasteiger partial charge in [-0.25, -0.2) is 9.18 Å². The lowest BCUT2D eigenvalue weighted by Gasteiger charge is -2.22. The van der Waals surface area contributed by atoms with Crippen LogP contribution in [0, 0.1) is 5.82 Å². The molecule has 1 unspecified atom stereocenters. The van der Waals surface area contributed by atoms with E-state index in [0.717, 1.165) is 18.4 Å². The van der Waals surface area contributed by atoms with Crippen molar-refractivity contribution in [1.29, 1.82) is 0 Å². The van der Waals surface area contributed by atoms with Gasteiger partial charge in [0.25, 0.3) is 0 Å². The second kappa shape index (κ2) is 5.79. The largest absolute Gasteiger partial charge is 0.392 e. The van der Waals surface area contributed by atoms with Gasteiger partial charge in [-0.2, -0.15) is 0 Å². The highest BCUT2D eigenvalue weighted by Crippen LogP contribution is 2.47. The molecule has 5 heteroatoms. The lowest BCUT2D eigenvalue weighted by molar-refractivity contribution is 0.143. The summed E-state index contributed by atoms with van der Waals surface area (Å²) in [4.78, 5) is 13.3. The summed E-state index contributed by atoms with van der Waals surface area (Å²) in [6.07, 6.45) is 1.36. The lowest BCUT2D eigenvalue weighted by atomic mass is 9.96. The molecule has 2 amide bonds. The molecule has 1 fully saturated rings. The maximum absolute atomic E-state index is 13.3. The van der Waals surface area contributed by atoms with Crippen LogP contribution in [0.15, 0.2) is 24.3 Å². The van der Waals surface area contributed by atoms with E-state index in [0.29, 0.717) is 13.1 Å². The zero-order valence-electron chi connectivity index (χ0n) is 11.9. The minimum absolute atomic E-state index is 0.122. The summed E-state index contributed by atoms with van der Waals surface area (Å²) in [6.45, 7) is 2.43. The molecule has 0 aliphatic heterocycles. The quantitative estimate of drug-likeness (QED) is 0.865. The summed E-state index contributed by atoms with van der Waals surface area (Å²) in [5.41, 5.74) is 0.819. The van der Waals surface area contributed by atoms with Gasteiger partial charge in [0.15, 0.2) is 0 Å². The fourth-order valence-corrected chi connectivity index (χ4v) is 2.40. The van der Waals surface area contributed by atoms with Gasteiger partial charge in [-0.15, -0.1) is 0 Å². The van der Waals surface area contributed by atoms with Gasteiger partial charge in [-0.05, 0) is 37.5 Å². The lowest BCUT2D eigenvalue weighted by Crippen LogP contribution is -2.43. The first-order valence-electron chi connectivity index (χ1n) is 6.86. The molecule has 0 aromatic heterocycles. The summed E-state index contributed by atoms with van der Waals surface area (Å²) in [6, 6.07) is 6.36. The maximum atomic E-state index is 13.3. The molecule has 0 radical (unpaired) electrons. The van der Waals surface area contributed by atoms with Crippen LogP contribution in [-0.2, 0) is 5.41 Å². The number of hydrogen-bond donors (Lipinski definition) is 2. The Morgan fingerprint density at radius 3 is 2.80 bits per heavy atom. The van der Waals surface area contributed by atoms with Crippen molar-refractivity contribution in [3.8, 4) is 0 Å². The predicted octanol–water partition coefficient (Wildman–Crippen LogP) is 1.88. The molecule has 0 bridgehead atoms. The second-order valence-electron chi connectivity index (χ2n) is 5.68. The van der Waals surface area contributed by atoms with Crippen LogP contribution in [0.4, 0.5) is 9.18 Å². The third kappa shape index (κ3) is 3.48. The number of carbonyl (C=O) groups is 1. The van der Waals surface area contributed by atoms with Crippen molar-refractivity contribution >= 4 is 6.03 Å². The second-order valence-corrected chi connectivity index (χ2v) is 5.68. The summed E-state index contributed by atoms with van der Waals surface area (Å²) >= 11 is 0. The highest BCUT2D eigenvalue weighted by molar-refractivity contribution is 5.74. The molecule has 2 rings (SSSR count). The zero-order chi connectivity index (χ0) is 14.8. The number of hydrogen-bond acceptors (Lipinski definition) is 2. The molecule has 1 aromatic carbocycles. The average Bonchev–Trinajstić information content (AvgIpc) is 3.16. The molecule has 1 aromatic rings. The number of halogens is 1. The van der Waals surface area contributed by atoms with Gasteiger partial charge in [-0.1, -0.05) is 12.1 Å². The highest BCUT2D eigenvalue weighted by atomic mass is 19.1. The van der Waals surface area contributed by atoms with E-state index < -0.39 is 6.10 Å². The first-order valence-corrected chi connectivity index (χ1v) is 6.86. The van der Waals surface area contributed by atoms with E-state index in [2.05, 4.69) is 5.32 Å². The topological polar surface area (TPSA) is 52.6 Å². The summed E-state index contributed by atoms with van der Waals surface area (Å²) in [7, 11) is 1.64. The minimum atomic E-state index is -0.552. The van der Waals surface area contributed by atoms with Gasteiger partial charge < -0.3 is 15.3 Å². The molecule has 1 aliphatic rings. The number of amides is 2. The van der Waals surface area contributed by atoms with Gasteiger partial charge in [0, 0.05) is 25.6 Å². The van der Waals surface area contributed by atoms with E-state index >= 15 is 0 Å². The van der Waals surface area contributed by atoms with Crippen molar-refractivity contribution < 1.29 is 14.3 Å². The fourth-order valence-electron chi connectivity index (χ4n) is 2.40. The Morgan fingerprint density at radius 1 is 1.55 bits per heavy atom. The number of likely N-dealkylation sites (N-methyl/N-ethyl adjacent to an activating group) is 1. The van der Waals surface area contributed by atoms with Crippen molar-refractivity contribution in [2.24, 2.45) is 0 Å². The van der Waals surface area contributed by atoms with Crippen LogP contribution in [0.3, 0.4) is 0 Å². The zero-order valence-corrected chi connectivity index (χ0v) is 11.9. The Kier molecular flexibility index (Phi) is 4.28. The molecule has 110 valence electrons. The number of aliphatic hydroxyl groups excluding tert-OH is 1. The molecular formula is C15H21FN2O2. The number of carbonyl (C=O) groups excluding carboxylic acids is 1. The SMILES string of the molecule is CC(O)CN(C)C(=O)NCC1(c2cccc(F)c2)CC1. The molecule has 1 aliphatic carbocycles. The van der Waals surface area contributed by atoms with Crippen LogP contribution in [0.1, 0.15) is 25.3 Å². The van der Waals surface area contributed by atoms with Crippen molar-refractivity contribution in [2.75, 3.05) is 20.1 Å². The summed E-state index contributed by atoms with van der Waals surface area (Å²) < 4.78 is 13.3. The smallest absolute Gasteiger partial charge is 0.317 e. The first kappa shape index (κ1) is 14.8. The van der Waals surface area contributed by atoms with Crippen molar-refractivity contribution in [3.63, 3.8) is 0 Å². The summed E-state index contributed by atoms with van der Waals surface area (Å²) in [5.74, 6) is -0.244. The molecule has 0 heterocycles. The monoisotopic (exact) mass is 280 g/mol. The molecule has 1 saturated carbocycles. The van der Waals surface area contributed by atoms with Crippen molar-refractivity contribution in [1.82, 2.24) is 10.2 Å². The van der Waals surface area contributed by atoms with E-state index in [1.165, 1.54) is 11.0 Å². The predicted molar refractivity (Wildman–Crippen MR) is 75.0 cm³/mol. The number of nitrogens with one attached hydrogen (secondary N) is 1. The average molecular weight is 280 g/mol. The standard InChI is InChI=1S/C15H21FN2O2/c1-11(19)9-18(2)14(20)17-10-15(6-7-15)12-4-3-5-13(16)8-12/h3-5,8,11,19H,6-7,9-10H2,1-2H3,(H,17,20). The van der Waals surface area contributed by atoms with E-state index in [4.69, 9.17) is 0 Å². The number of urea groups is 1. The molecule has 1 atom stereocenters. The minimum Gasteiger partial charge on any atom is -0.392 e. The van der Waals surface area contributed by atoms with Crippen LogP contribution in [-0.4, -0.2) is 42.3 Å². The summed E-state index contributed by atoms with van der Waals surface area (Å²) in [5, 5.41) is 12.1. The number of rotatable bonds is 5. The van der Waals surface area contributed by atoms with Crippen LogP contribution < -0.4 is 5.32 Å². The van der Waals surface area contributed by atoms with Gasteiger partial charge in [0.2, 0.25) is 0 Å². The van der Waals surface area contributed by atoms with Gasteiger partial charge in [-0.3, -0.25) is 0 Å². The Balaban J connectivity index is 1.92. The normalized spacial score (nSPS) is 17.4. The Hall–Kier alpha value is -1.62. The third-order valence-electron chi connectivity index (χ3n) is 3.75. The molecule has 0 saturated heterocycles. The third-order valence-corrected chi connectivity index (χ3v) is 3.75. The Bertz CT molecular complexity index is 487. The van der Waals surface area contributed by atoms with Gasteiger partial charge in [0.05, 0.1) is 6.10 Å². The fraction of sp³-hybridized carbons (Fsp3) is 0.533.